The number of halogens is 2. The third-order valence-electron chi connectivity index (χ3n) is 2.37. The zero-order chi connectivity index (χ0) is 11.8. The largest absolute Gasteiger partial charge is 0.224 e. The van der Waals surface area contributed by atoms with Crippen molar-refractivity contribution in [3.63, 3.8) is 0 Å². The van der Waals surface area contributed by atoms with Crippen LogP contribution in [0.25, 0.3) is 16.7 Å². The highest BCUT2D eigenvalue weighted by Gasteiger charge is 2.09. The lowest BCUT2D eigenvalue weighted by Gasteiger charge is -2.02. The molecule has 0 aliphatic heterocycles. The number of fused-ring (bicyclic) bond motifs is 1. The van der Waals surface area contributed by atoms with Crippen molar-refractivity contribution >= 4 is 38.6 Å². The van der Waals surface area contributed by atoms with E-state index in [9.17, 15) is 0 Å². The molecular formula is C11H6BrClN4. The third kappa shape index (κ3) is 1.81. The van der Waals surface area contributed by atoms with E-state index in [-0.39, 0.29) is 0 Å². The van der Waals surface area contributed by atoms with Gasteiger partial charge in [0.2, 0.25) is 0 Å². The first-order chi connectivity index (χ1) is 8.25. The van der Waals surface area contributed by atoms with Crippen molar-refractivity contribution in [2.24, 2.45) is 0 Å². The second kappa shape index (κ2) is 4.09. The molecule has 0 N–H and O–H groups in total. The average Bonchev–Trinajstić information content (AvgIpc) is 2.74. The van der Waals surface area contributed by atoms with Gasteiger partial charge in [0.15, 0.2) is 5.65 Å². The van der Waals surface area contributed by atoms with Crippen molar-refractivity contribution in [3.05, 3.63) is 46.4 Å². The molecular weight excluding hydrogens is 304 g/mol. The van der Waals surface area contributed by atoms with Crippen molar-refractivity contribution in [1.82, 2.24) is 19.7 Å². The molecule has 0 radical (unpaired) electrons. The van der Waals surface area contributed by atoms with Gasteiger partial charge < -0.3 is 0 Å². The molecule has 0 saturated heterocycles. The van der Waals surface area contributed by atoms with Gasteiger partial charge >= 0.3 is 0 Å². The van der Waals surface area contributed by atoms with Crippen molar-refractivity contribution < 1.29 is 0 Å². The lowest BCUT2D eigenvalue weighted by molar-refractivity contribution is 0.894. The van der Waals surface area contributed by atoms with Gasteiger partial charge in [0.05, 0.1) is 17.3 Å². The number of hydrogen-bond donors (Lipinski definition) is 0. The van der Waals surface area contributed by atoms with Crippen LogP contribution < -0.4 is 0 Å². The number of benzene rings is 1. The fraction of sp³-hybridized carbons (Fsp3) is 0. The monoisotopic (exact) mass is 308 g/mol. The van der Waals surface area contributed by atoms with Crippen LogP contribution in [0, 0.1) is 0 Å². The van der Waals surface area contributed by atoms with Gasteiger partial charge in [-0.05, 0) is 18.2 Å². The number of aromatic nitrogens is 4. The van der Waals surface area contributed by atoms with Crippen molar-refractivity contribution in [2.45, 2.75) is 0 Å². The summed E-state index contributed by atoms with van der Waals surface area (Å²) >= 11 is 9.40. The van der Waals surface area contributed by atoms with Gasteiger partial charge in [-0.3, -0.25) is 0 Å². The van der Waals surface area contributed by atoms with Crippen LogP contribution in [0.4, 0.5) is 0 Å². The number of hydrogen-bond acceptors (Lipinski definition) is 3. The van der Waals surface area contributed by atoms with Crippen LogP contribution in [0.5, 0.6) is 0 Å². The summed E-state index contributed by atoms with van der Waals surface area (Å²) < 4.78 is 2.71. The summed E-state index contributed by atoms with van der Waals surface area (Å²) in [6.07, 6.45) is 3.10. The molecule has 0 amide bonds. The molecule has 1 aromatic carbocycles. The predicted molar refractivity (Wildman–Crippen MR) is 69.4 cm³/mol. The Morgan fingerprint density at radius 2 is 2.12 bits per heavy atom. The first kappa shape index (κ1) is 10.7. The predicted octanol–water partition coefficient (Wildman–Crippen LogP) is 3.23. The maximum Gasteiger partial charge on any atom is 0.167 e. The molecule has 0 aliphatic rings. The molecule has 0 aliphatic carbocycles. The highest BCUT2D eigenvalue weighted by Crippen LogP contribution is 2.22. The fourth-order valence-electron chi connectivity index (χ4n) is 1.61. The second-order valence-electron chi connectivity index (χ2n) is 3.44. The first-order valence-corrected chi connectivity index (χ1v) is 6.03. The Morgan fingerprint density at radius 3 is 2.94 bits per heavy atom. The normalized spacial score (nSPS) is 10.9. The molecule has 17 heavy (non-hydrogen) atoms. The molecule has 2 aromatic heterocycles. The molecule has 0 unspecified atom stereocenters. The SMILES string of the molecule is Clc1ncnc2c1cnn2-c1cccc(Br)c1. The van der Waals surface area contributed by atoms with Crippen LogP contribution in [0.3, 0.4) is 0 Å². The van der Waals surface area contributed by atoms with Gasteiger partial charge in [-0.1, -0.05) is 33.6 Å². The van der Waals surface area contributed by atoms with E-state index < -0.39 is 0 Å². The third-order valence-corrected chi connectivity index (χ3v) is 3.16. The molecule has 0 spiro atoms. The van der Waals surface area contributed by atoms with Gasteiger partial charge in [-0.25, -0.2) is 14.6 Å². The molecule has 0 fully saturated rings. The molecule has 6 heteroatoms. The average molecular weight is 310 g/mol. The van der Waals surface area contributed by atoms with Gasteiger partial charge in [0.1, 0.15) is 11.5 Å². The minimum absolute atomic E-state index is 0.413. The van der Waals surface area contributed by atoms with Gasteiger partial charge in [-0.15, -0.1) is 0 Å². The van der Waals surface area contributed by atoms with Crippen LogP contribution in [0.2, 0.25) is 5.15 Å². The molecule has 0 atom stereocenters. The summed E-state index contributed by atoms with van der Waals surface area (Å²) in [5.41, 5.74) is 1.62. The summed E-state index contributed by atoms with van der Waals surface area (Å²) in [5, 5.41) is 5.43. The van der Waals surface area contributed by atoms with Crippen molar-refractivity contribution in [3.8, 4) is 5.69 Å². The van der Waals surface area contributed by atoms with Gasteiger partial charge in [0, 0.05) is 4.47 Å². The lowest BCUT2D eigenvalue weighted by Crippen LogP contribution is -1.97. The summed E-state index contributed by atoms with van der Waals surface area (Å²) in [6.45, 7) is 0. The van der Waals surface area contributed by atoms with E-state index in [0.717, 1.165) is 15.5 Å². The molecule has 0 saturated carbocycles. The summed E-state index contributed by atoms with van der Waals surface area (Å²) in [6, 6.07) is 7.81. The fourth-order valence-corrected chi connectivity index (χ4v) is 2.18. The minimum Gasteiger partial charge on any atom is -0.224 e. The van der Waals surface area contributed by atoms with E-state index in [1.165, 1.54) is 6.33 Å². The minimum atomic E-state index is 0.413. The van der Waals surface area contributed by atoms with E-state index >= 15 is 0 Å². The molecule has 4 nitrogen and oxygen atoms in total. The first-order valence-electron chi connectivity index (χ1n) is 4.86. The summed E-state index contributed by atoms with van der Waals surface area (Å²) in [7, 11) is 0. The second-order valence-corrected chi connectivity index (χ2v) is 4.71. The quantitative estimate of drug-likeness (QED) is 0.648. The number of nitrogens with zero attached hydrogens (tertiary/aromatic N) is 4. The van der Waals surface area contributed by atoms with E-state index in [4.69, 9.17) is 11.6 Å². The van der Waals surface area contributed by atoms with E-state index in [1.807, 2.05) is 24.3 Å². The summed E-state index contributed by atoms with van der Waals surface area (Å²) in [4.78, 5) is 8.12. The van der Waals surface area contributed by atoms with E-state index in [1.54, 1.807) is 10.9 Å². The maximum atomic E-state index is 5.98. The van der Waals surface area contributed by atoms with E-state index in [2.05, 4.69) is 31.0 Å². The highest BCUT2D eigenvalue weighted by molar-refractivity contribution is 9.10. The Morgan fingerprint density at radius 1 is 1.24 bits per heavy atom. The molecule has 3 rings (SSSR count). The number of rotatable bonds is 1. The maximum absolute atomic E-state index is 5.98. The molecule has 2 heterocycles. The molecule has 0 bridgehead atoms. The van der Waals surface area contributed by atoms with Crippen LogP contribution in [-0.4, -0.2) is 19.7 Å². The van der Waals surface area contributed by atoms with Crippen molar-refractivity contribution in [1.29, 1.82) is 0 Å². The van der Waals surface area contributed by atoms with Crippen LogP contribution in [0.1, 0.15) is 0 Å². The van der Waals surface area contributed by atoms with Gasteiger partial charge in [-0.2, -0.15) is 5.10 Å². The van der Waals surface area contributed by atoms with E-state index in [0.29, 0.717) is 10.8 Å². The van der Waals surface area contributed by atoms with Crippen LogP contribution in [0.15, 0.2) is 41.3 Å². The molecule has 3 aromatic rings. The van der Waals surface area contributed by atoms with Gasteiger partial charge in [0.25, 0.3) is 0 Å². The van der Waals surface area contributed by atoms with Crippen LogP contribution in [-0.2, 0) is 0 Å². The van der Waals surface area contributed by atoms with Crippen molar-refractivity contribution in [2.75, 3.05) is 0 Å². The Labute approximate surface area is 110 Å². The Bertz CT molecular complexity index is 695. The Kier molecular flexibility index (Phi) is 2.57. The zero-order valence-corrected chi connectivity index (χ0v) is 10.9. The topological polar surface area (TPSA) is 43.6 Å². The Hall–Kier alpha value is -1.46. The lowest BCUT2D eigenvalue weighted by atomic mass is 10.3. The highest BCUT2D eigenvalue weighted by atomic mass is 79.9. The van der Waals surface area contributed by atoms with Crippen LogP contribution >= 0.6 is 27.5 Å². The standard InChI is InChI=1S/C11H6BrClN4/c12-7-2-1-3-8(4-7)17-11-9(5-16-17)10(13)14-6-15-11/h1-6H. The smallest absolute Gasteiger partial charge is 0.167 e. The zero-order valence-electron chi connectivity index (χ0n) is 8.51. The Balaban J connectivity index is 2.28. The summed E-state index contributed by atoms with van der Waals surface area (Å²) in [5.74, 6) is 0. The molecule has 84 valence electrons.